The Kier molecular flexibility index (Phi) is 4.17. The summed E-state index contributed by atoms with van der Waals surface area (Å²) in [4.78, 5) is 9.79. The highest BCUT2D eigenvalue weighted by Gasteiger charge is 2.26. The molecule has 0 atom stereocenters. The predicted molar refractivity (Wildman–Crippen MR) is 112 cm³/mol. The largest absolute Gasteiger partial charge is 0.494 e. The molecule has 0 unspecified atom stereocenters. The van der Waals surface area contributed by atoms with Crippen molar-refractivity contribution in [2.45, 2.75) is 18.8 Å². The zero-order chi connectivity index (χ0) is 18.9. The summed E-state index contributed by atoms with van der Waals surface area (Å²) in [7, 11) is 1.68. The Labute approximate surface area is 164 Å². The van der Waals surface area contributed by atoms with Crippen LogP contribution in [0, 0.1) is 0 Å². The van der Waals surface area contributed by atoms with Crippen molar-refractivity contribution >= 4 is 17.0 Å². The molecule has 1 aliphatic carbocycles. The van der Waals surface area contributed by atoms with E-state index in [1.165, 1.54) is 12.8 Å². The Morgan fingerprint density at radius 3 is 2.18 bits per heavy atom. The lowest BCUT2D eigenvalue weighted by atomic mass is 10.0. The lowest BCUT2D eigenvalue weighted by Crippen LogP contribution is -2.03. The Morgan fingerprint density at radius 1 is 0.964 bits per heavy atom. The summed E-state index contributed by atoms with van der Waals surface area (Å²) in [5.74, 6) is 1.34. The van der Waals surface area contributed by atoms with Crippen molar-refractivity contribution in [3.8, 4) is 5.75 Å². The first kappa shape index (κ1) is 16.8. The third-order valence-electron chi connectivity index (χ3n) is 5.10. The molecule has 1 saturated carbocycles. The third kappa shape index (κ3) is 3.18. The van der Waals surface area contributed by atoms with Crippen LogP contribution in [0.3, 0.4) is 0 Å². The number of hydrogen-bond donors (Lipinski definition) is 0. The Morgan fingerprint density at radius 2 is 1.61 bits per heavy atom. The molecule has 28 heavy (non-hydrogen) atoms. The van der Waals surface area contributed by atoms with Gasteiger partial charge in [0.1, 0.15) is 17.1 Å². The highest BCUT2D eigenvalue weighted by Crippen LogP contribution is 2.40. The molecule has 1 fully saturated rings. The Bertz CT molecular complexity index is 1100. The lowest BCUT2D eigenvalue weighted by Gasteiger charge is -2.10. The van der Waals surface area contributed by atoms with E-state index >= 15 is 0 Å². The lowest BCUT2D eigenvalue weighted by molar-refractivity contribution is 0.416. The van der Waals surface area contributed by atoms with Crippen LogP contribution in [0.25, 0.3) is 5.65 Å². The average molecular weight is 367 g/mol. The van der Waals surface area contributed by atoms with Crippen molar-refractivity contribution in [1.82, 2.24) is 9.38 Å². The number of imidazole rings is 1. The van der Waals surface area contributed by atoms with E-state index in [1.54, 1.807) is 7.11 Å². The number of benzene rings is 2. The van der Waals surface area contributed by atoms with Gasteiger partial charge in [-0.25, -0.2) is 9.98 Å². The molecule has 0 saturated heterocycles. The number of nitrogens with zero attached hydrogens (tertiary/aromatic N) is 3. The smallest absolute Gasteiger partial charge is 0.149 e. The van der Waals surface area contributed by atoms with E-state index in [9.17, 15) is 0 Å². The Balaban J connectivity index is 1.68. The second-order valence-corrected chi connectivity index (χ2v) is 7.13. The van der Waals surface area contributed by atoms with Crippen molar-refractivity contribution < 1.29 is 4.74 Å². The summed E-state index contributed by atoms with van der Waals surface area (Å²) in [6, 6.07) is 22.5. The summed E-state index contributed by atoms with van der Waals surface area (Å²) >= 11 is 0. The maximum atomic E-state index is 5.65. The molecular weight excluding hydrogens is 346 g/mol. The molecule has 0 radical (unpaired) electrons. The van der Waals surface area contributed by atoms with E-state index in [1.807, 2.05) is 48.7 Å². The SMILES string of the molecule is COc1cc2nc(C3CC3)cn2cc1N=C(c1ccccc1)c1ccccc1. The standard InChI is InChI=1S/C24H21N3O/c1-28-22-14-23-25-20(17-12-13-17)15-27(23)16-21(22)26-24(18-8-4-2-5-9-18)19-10-6-3-7-11-19/h2-11,14-17H,12-13H2,1H3. The number of aliphatic imine (C=N–C) groups is 1. The minimum absolute atomic E-state index is 0.613. The zero-order valence-electron chi connectivity index (χ0n) is 15.7. The van der Waals surface area contributed by atoms with Crippen LogP contribution in [0.15, 0.2) is 84.1 Å². The van der Waals surface area contributed by atoms with E-state index in [2.05, 4.69) is 34.9 Å². The van der Waals surface area contributed by atoms with E-state index in [-0.39, 0.29) is 0 Å². The van der Waals surface area contributed by atoms with E-state index < -0.39 is 0 Å². The predicted octanol–water partition coefficient (Wildman–Crippen LogP) is 5.39. The average Bonchev–Trinajstić information content (AvgIpc) is 3.52. The summed E-state index contributed by atoms with van der Waals surface area (Å²) in [6.45, 7) is 0. The maximum absolute atomic E-state index is 5.65. The molecule has 4 heteroatoms. The molecule has 5 rings (SSSR count). The summed E-state index contributed by atoms with van der Waals surface area (Å²) in [5, 5.41) is 0. The normalized spacial score (nSPS) is 13.5. The van der Waals surface area contributed by atoms with Crippen LogP contribution in [0.1, 0.15) is 35.6 Å². The number of methoxy groups -OCH3 is 1. The molecule has 2 aromatic carbocycles. The fourth-order valence-electron chi connectivity index (χ4n) is 3.46. The van der Waals surface area contributed by atoms with Crippen LogP contribution in [-0.4, -0.2) is 22.2 Å². The highest BCUT2D eigenvalue weighted by molar-refractivity contribution is 6.14. The number of ether oxygens (including phenoxy) is 1. The van der Waals surface area contributed by atoms with Gasteiger partial charge in [-0.1, -0.05) is 60.7 Å². The van der Waals surface area contributed by atoms with E-state index in [0.29, 0.717) is 5.92 Å². The van der Waals surface area contributed by atoms with Gasteiger partial charge in [0.15, 0.2) is 0 Å². The number of fused-ring (bicyclic) bond motifs is 1. The van der Waals surface area contributed by atoms with Gasteiger partial charge in [-0.05, 0) is 12.8 Å². The molecule has 0 spiro atoms. The molecule has 2 heterocycles. The van der Waals surface area contributed by atoms with Crippen LogP contribution in [0.4, 0.5) is 5.69 Å². The van der Waals surface area contributed by atoms with Crippen molar-refractivity contribution in [2.24, 2.45) is 4.99 Å². The van der Waals surface area contributed by atoms with Gasteiger partial charge >= 0.3 is 0 Å². The van der Waals surface area contributed by atoms with Crippen LogP contribution in [-0.2, 0) is 0 Å². The van der Waals surface area contributed by atoms with Crippen molar-refractivity contribution in [3.05, 3.63) is 95.9 Å². The summed E-state index contributed by atoms with van der Waals surface area (Å²) < 4.78 is 7.71. The van der Waals surface area contributed by atoms with Crippen molar-refractivity contribution in [2.75, 3.05) is 7.11 Å². The van der Waals surface area contributed by atoms with Crippen LogP contribution >= 0.6 is 0 Å². The number of rotatable bonds is 5. The zero-order valence-corrected chi connectivity index (χ0v) is 15.7. The molecule has 138 valence electrons. The first-order chi connectivity index (χ1) is 13.8. The first-order valence-corrected chi connectivity index (χ1v) is 9.58. The molecule has 0 aliphatic heterocycles. The van der Waals surface area contributed by atoms with Gasteiger partial charge in [-0.15, -0.1) is 0 Å². The van der Waals surface area contributed by atoms with Gasteiger partial charge < -0.3 is 9.14 Å². The monoisotopic (exact) mass is 367 g/mol. The minimum atomic E-state index is 0.613. The minimum Gasteiger partial charge on any atom is -0.494 e. The van der Waals surface area contributed by atoms with Crippen LogP contribution in [0.2, 0.25) is 0 Å². The Hall–Kier alpha value is -3.40. The fraction of sp³-hybridized carbons (Fsp3) is 0.167. The van der Waals surface area contributed by atoms with Gasteiger partial charge in [-0.2, -0.15) is 0 Å². The van der Waals surface area contributed by atoms with E-state index in [4.69, 9.17) is 14.7 Å². The third-order valence-corrected chi connectivity index (χ3v) is 5.10. The van der Waals surface area contributed by atoms with Gasteiger partial charge in [0, 0.05) is 35.5 Å². The molecule has 0 bridgehead atoms. The molecule has 4 nitrogen and oxygen atoms in total. The van der Waals surface area contributed by atoms with E-state index in [0.717, 1.165) is 39.6 Å². The van der Waals surface area contributed by atoms with Crippen LogP contribution in [0.5, 0.6) is 5.75 Å². The maximum Gasteiger partial charge on any atom is 0.149 e. The van der Waals surface area contributed by atoms with Crippen molar-refractivity contribution in [1.29, 1.82) is 0 Å². The summed E-state index contributed by atoms with van der Waals surface area (Å²) in [5.41, 5.74) is 5.91. The topological polar surface area (TPSA) is 38.9 Å². The molecule has 4 aromatic rings. The second-order valence-electron chi connectivity index (χ2n) is 7.13. The molecule has 2 aromatic heterocycles. The van der Waals surface area contributed by atoms with Gasteiger partial charge in [0.05, 0.1) is 18.5 Å². The molecule has 1 aliphatic rings. The van der Waals surface area contributed by atoms with Gasteiger partial charge in [0.2, 0.25) is 0 Å². The van der Waals surface area contributed by atoms with Crippen LogP contribution < -0.4 is 4.74 Å². The summed E-state index contributed by atoms with van der Waals surface area (Å²) in [6.07, 6.45) is 6.60. The second kappa shape index (κ2) is 6.97. The first-order valence-electron chi connectivity index (χ1n) is 9.58. The molecule has 0 N–H and O–H groups in total. The van der Waals surface area contributed by atoms with Gasteiger partial charge in [-0.3, -0.25) is 0 Å². The number of pyridine rings is 1. The van der Waals surface area contributed by atoms with Gasteiger partial charge in [0.25, 0.3) is 0 Å². The van der Waals surface area contributed by atoms with Crippen molar-refractivity contribution in [3.63, 3.8) is 0 Å². The number of hydrogen-bond acceptors (Lipinski definition) is 3. The molecular formula is C24H21N3O. The number of aromatic nitrogens is 2. The highest BCUT2D eigenvalue weighted by atomic mass is 16.5. The fourth-order valence-corrected chi connectivity index (χ4v) is 3.46. The molecule has 0 amide bonds. The quantitative estimate of drug-likeness (QED) is 0.444.